The fourth-order valence-corrected chi connectivity index (χ4v) is 3.19. The van der Waals surface area contributed by atoms with E-state index in [0.29, 0.717) is 0 Å². The van der Waals surface area contributed by atoms with Crippen LogP contribution in [0.15, 0.2) is 66.7 Å². The predicted octanol–water partition coefficient (Wildman–Crippen LogP) is 3.79. The minimum absolute atomic E-state index is 0.0279. The molecule has 3 aromatic carbocycles. The van der Waals surface area contributed by atoms with E-state index < -0.39 is 35.8 Å². The molecule has 0 saturated heterocycles. The van der Waals surface area contributed by atoms with Crippen LogP contribution in [0.4, 0.5) is 13.2 Å². The molecule has 2 atom stereocenters. The van der Waals surface area contributed by atoms with E-state index in [2.05, 4.69) is 5.32 Å². The minimum atomic E-state index is -4.53. The van der Waals surface area contributed by atoms with Crippen molar-refractivity contribution in [1.29, 1.82) is 0 Å². The molecule has 2 N–H and O–H groups in total. The van der Waals surface area contributed by atoms with Gasteiger partial charge in [-0.1, -0.05) is 54.6 Å². The summed E-state index contributed by atoms with van der Waals surface area (Å²) in [6, 6.07) is 15.7. The van der Waals surface area contributed by atoms with Gasteiger partial charge in [-0.25, -0.2) is 4.79 Å². The van der Waals surface area contributed by atoms with E-state index in [0.717, 1.165) is 40.6 Å². The van der Waals surface area contributed by atoms with Crippen LogP contribution in [0, 0.1) is 0 Å². The van der Waals surface area contributed by atoms with Gasteiger partial charge >= 0.3 is 12.1 Å². The number of benzene rings is 3. The lowest BCUT2D eigenvalue weighted by Gasteiger charge is -2.19. The second-order valence-corrected chi connectivity index (χ2v) is 6.99. The second kappa shape index (κ2) is 9.18. The normalized spacial score (nSPS) is 13.5. The van der Waals surface area contributed by atoms with Crippen molar-refractivity contribution in [3.05, 3.63) is 83.4 Å². The molecule has 0 heterocycles. The number of carbonyl (C=O) groups excluding carboxylic acids is 2. The lowest BCUT2D eigenvalue weighted by atomic mass is 10.0. The quantitative estimate of drug-likeness (QED) is 0.583. The van der Waals surface area contributed by atoms with Crippen molar-refractivity contribution in [2.45, 2.75) is 24.7 Å². The Morgan fingerprint density at radius 2 is 1.65 bits per heavy atom. The summed E-state index contributed by atoms with van der Waals surface area (Å²) in [5.41, 5.74) is -0.161. The number of nitrogens with one attached hydrogen (secondary N) is 1. The number of aliphatic hydroxyl groups is 1. The van der Waals surface area contributed by atoms with Gasteiger partial charge in [0.25, 0.3) is 5.91 Å². The van der Waals surface area contributed by atoms with E-state index in [-0.39, 0.29) is 12.0 Å². The third-order valence-corrected chi connectivity index (χ3v) is 4.86. The fraction of sp³-hybridized carbons (Fsp3) is 0.217. The zero-order valence-corrected chi connectivity index (χ0v) is 16.5. The number of fused-ring (bicyclic) bond motifs is 1. The third kappa shape index (κ3) is 5.40. The Hall–Kier alpha value is -3.39. The van der Waals surface area contributed by atoms with Crippen LogP contribution < -0.4 is 5.32 Å². The molecule has 1 amide bonds. The molecule has 31 heavy (non-hydrogen) atoms. The maximum absolute atomic E-state index is 12.7. The number of halogens is 3. The third-order valence-electron chi connectivity index (χ3n) is 4.86. The Balaban J connectivity index is 1.75. The summed E-state index contributed by atoms with van der Waals surface area (Å²) in [6.07, 6.45) is -6.16. The average molecular weight is 431 g/mol. The molecule has 8 heteroatoms. The average Bonchev–Trinajstić information content (AvgIpc) is 2.77. The Morgan fingerprint density at radius 3 is 2.26 bits per heavy atom. The largest absolute Gasteiger partial charge is 0.467 e. The number of hydrogen-bond acceptors (Lipinski definition) is 4. The van der Waals surface area contributed by atoms with Crippen LogP contribution in [0.1, 0.15) is 22.8 Å². The monoisotopic (exact) mass is 431 g/mol. The summed E-state index contributed by atoms with van der Waals surface area (Å²) in [5.74, 6) is -1.63. The van der Waals surface area contributed by atoms with Gasteiger partial charge in [0, 0.05) is 6.42 Å². The molecule has 0 saturated carbocycles. The van der Waals surface area contributed by atoms with E-state index in [4.69, 9.17) is 4.74 Å². The molecule has 0 aliphatic carbocycles. The number of rotatable bonds is 6. The van der Waals surface area contributed by atoms with Gasteiger partial charge in [0.1, 0.15) is 6.04 Å². The van der Waals surface area contributed by atoms with Crippen molar-refractivity contribution >= 4 is 22.6 Å². The number of hydrogen-bond donors (Lipinski definition) is 2. The lowest BCUT2D eigenvalue weighted by Crippen LogP contribution is -2.45. The number of esters is 1. The van der Waals surface area contributed by atoms with Crippen molar-refractivity contribution in [3.8, 4) is 0 Å². The van der Waals surface area contributed by atoms with Gasteiger partial charge in [0.2, 0.25) is 0 Å². The van der Waals surface area contributed by atoms with Crippen LogP contribution >= 0.6 is 0 Å². The van der Waals surface area contributed by atoms with Gasteiger partial charge in [-0.3, -0.25) is 4.79 Å². The molecule has 0 bridgehead atoms. The first-order valence-electron chi connectivity index (χ1n) is 9.40. The highest BCUT2D eigenvalue weighted by atomic mass is 19.4. The summed E-state index contributed by atoms with van der Waals surface area (Å²) >= 11 is 0. The molecule has 3 rings (SSSR count). The Kier molecular flexibility index (Phi) is 6.60. The van der Waals surface area contributed by atoms with E-state index >= 15 is 0 Å². The number of methoxy groups -OCH3 is 1. The van der Waals surface area contributed by atoms with Crippen LogP contribution in [0.25, 0.3) is 10.8 Å². The maximum Gasteiger partial charge on any atom is 0.416 e. The standard InChI is InChI=1S/C23H20F3NO4/c1-31-22(30)19(13-14-6-7-15-4-2-3-5-17(15)12-14)27-21(29)20(28)16-8-10-18(11-9-16)23(24,25)26/h2-12,19-20,28H,13H2,1H3,(H,27,29)/t19-,20+/m1/s1. The van der Waals surface area contributed by atoms with Crippen LogP contribution in [-0.4, -0.2) is 30.1 Å². The Bertz CT molecular complexity index is 1080. The number of alkyl halides is 3. The molecule has 0 spiro atoms. The summed E-state index contributed by atoms with van der Waals surface area (Å²) < 4.78 is 42.8. The maximum atomic E-state index is 12.7. The summed E-state index contributed by atoms with van der Waals surface area (Å²) in [6.45, 7) is 0. The lowest BCUT2D eigenvalue weighted by molar-refractivity contribution is -0.146. The van der Waals surface area contributed by atoms with Crippen molar-refractivity contribution in [1.82, 2.24) is 5.32 Å². The van der Waals surface area contributed by atoms with Gasteiger partial charge in [-0.2, -0.15) is 13.2 Å². The molecule has 0 aliphatic rings. The fourth-order valence-electron chi connectivity index (χ4n) is 3.19. The van der Waals surface area contributed by atoms with Gasteiger partial charge in [-0.05, 0) is 34.0 Å². The van der Waals surface area contributed by atoms with Crippen molar-refractivity contribution < 1.29 is 32.6 Å². The molecule has 3 aromatic rings. The van der Waals surface area contributed by atoms with Gasteiger partial charge < -0.3 is 15.2 Å². The zero-order valence-electron chi connectivity index (χ0n) is 16.5. The summed E-state index contributed by atoms with van der Waals surface area (Å²) in [5, 5.41) is 14.6. The topological polar surface area (TPSA) is 75.6 Å². The Labute approximate surface area is 176 Å². The molecule has 0 aromatic heterocycles. The first kappa shape index (κ1) is 22.3. The van der Waals surface area contributed by atoms with Crippen LogP contribution in [0.5, 0.6) is 0 Å². The van der Waals surface area contributed by atoms with E-state index in [9.17, 15) is 27.9 Å². The summed E-state index contributed by atoms with van der Waals surface area (Å²) in [7, 11) is 1.17. The van der Waals surface area contributed by atoms with E-state index in [1.54, 1.807) is 0 Å². The number of ether oxygens (including phenoxy) is 1. The van der Waals surface area contributed by atoms with E-state index in [1.807, 2.05) is 42.5 Å². The number of aliphatic hydroxyl groups excluding tert-OH is 1. The molecule has 162 valence electrons. The molecule has 0 aliphatic heterocycles. The molecule has 5 nitrogen and oxygen atoms in total. The summed E-state index contributed by atoms with van der Waals surface area (Å²) in [4.78, 5) is 24.7. The second-order valence-electron chi connectivity index (χ2n) is 6.99. The van der Waals surface area contributed by atoms with Crippen molar-refractivity contribution in [3.63, 3.8) is 0 Å². The van der Waals surface area contributed by atoms with Crippen LogP contribution in [0.3, 0.4) is 0 Å². The van der Waals surface area contributed by atoms with Gasteiger partial charge in [0.05, 0.1) is 12.7 Å². The first-order valence-corrected chi connectivity index (χ1v) is 9.40. The highest BCUT2D eigenvalue weighted by Crippen LogP contribution is 2.30. The minimum Gasteiger partial charge on any atom is -0.467 e. The van der Waals surface area contributed by atoms with Crippen molar-refractivity contribution in [2.24, 2.45) is 0 Å². The number of amides is 1. The molecule has 0 fully saturated rings. The van der Waals surface area contributed by atoms with Crippen LogP contribution in [-0.2, 0) is 26.9 Å². The highest BCUT2D eigenvalue weighted by Gasteiger charge is 2.31. The molecule has 0 radical (unpaired) electrons. The SMILES string of the molecule is COC(=O)[C@@H](Cc1ccc2ccccc2c1)NC(=O)[C@@H](O)c1ccc(C(F)(F)F)cc1. The number of carbonyl (C=O) groups is 2. The van der Waals surface area contributed by atoms with Crippen molar-refractivity contribution in [2.75, 3.05) is 7.11 Å². The molecule has 0 unspecified atom stereocenters. The molecular formula is C23H20F3NO4. The molecular weight excluding hydrogens is 411 g/mol. The van der Waals surface area contributed by atoms with Gasteiger partial charge in [-0.15, -0.1) is 0 Å². The zero-order chi connectivity index (χ0) is 22.6. The smallest absolute Gasteiger partial charge is 0.416 e. The van der Waals surface area contributed by atoms with Crippen LogP contribution in [0.2, 0.25) is 0 Å². The highest BCUT2D eigenvalue weighted by molar-refractivity contribution is 5.88. The Morgan fingerprint density at radius 1 is 1.00 bits per heavy atom. The first-order chi connectivity index (χ1) is 14.7. The predicted molar refractivity (Wildman–Crippen MR) is 108 cm³/mol. The van der Waals surface area contributed by atoms with E-state index in [1.165, 1.54) is 7.11 Å². The van der Waals surface area contributed by atoms with Gasteiger partial charge in [0.15, 0.2) is 6.10 Å².